The second kappa shape index (κ2) is 3.96. The third-order valence-corrected chi connectivity index (χ3v) is 3.04. The number of rotatable bonds is 3. The maximum absolute atomic E-state index is 11.9. The zero-order valence-corrected chi connectivity index (χ0v) is 8.99. The molecule has 1 aliphatic carbocycles. The van der Waals surface area contributed by atoms with Crippen LogP contribution in [0, 0.1) is 5.92 Å². The Hall–Kier alpha value is -1.45. The van der Waals surface area contributed by atoms with E-state index in [4.69, 9.17) is 5.73 Å². The van der Waals surface area contributed by atoms with E-state index in [1.807, 2.05) is 7.05 Å². The first-order valence-corrected chi connectivity index (χ1v) is 5.36. The predicted octanol–water partition coefficient (Wildman–Crippen LogP) is 1.47. The topological polar surface area (TPSA) is 62.1 Å². The van der Waals surface area contributed by atoms with Gasteiger partial charge in [-0.05, 0) is 24.8 Å². The van der Waals surface area contributed by atoms with Crippen molar-refractivity contribution in [2.24, 2.45) is 5.92 Å². The van der Waals surface area contributed by atoms with Crippen molar-refractivity contribution in [3.05, 3.63) is 18.0 Å². The lowest BCUT2D eigenvalue weighted by atomic mass is 9.85. The molecule has 82 valence electrons. The fourth-order valence-corrected chi connectivity index (χ4v) is 1.89. The molecule has 0 aliphatic heterocycles. The Kier molecular flexibility index (Phi) is 2.66. The lowest BCUT2D eigenvalue weighted by Gasteiger charge is -2.29. The number of nitrogens with two attached hydrogens (primary N) is 1. The van der Waals surface area contributed by atoms with Crippen LogP contribution in [0.5, 0.6) is 0 Å². The van der Waals surface area contributed by atoms with Crippen LogP contribution in [0.1, 0.15) is 29.8 Å². The van der Waals surface area contributed by atoms with E-state index in [9.17, 15) is 4.79 Å². The van der Waals surface area contributed by atoms with Crippen molar-refractivity contribution in [1.82, 2.24) is 9.88 Å². The molecule has 1 saturated carbocycles. The molecular weight excluding hydrogens is 190 g/mol. The van der Waals surface area contributed by atoms with Gasteiger partial charge in [0.25, 0.3) is 5.91 Å². The average molecular weight is 207 g/mol. The Labute approximate surface area is 89.5 Å². The van der Waals surface area contributed by atoms with Gasteiger partial charge in [-0.1, -0.05) is 6.42 Å². The normalized spacial score (nSPS) is 16.1. The monoisotopic (exact) mass is 207 g/mol. The molecule has 1 amide bonds. The van der Waals surface area contributed by atoms with E-state index >= 15 is 0 Å². The zero-order chi connectivity index (χ0) is 10.8. The van der Waals surface area contributed by atoms with Gasteiger partial charge < -0.3 is 15.6 Å². The largest absolute Gasteiger partial charge is 0.397 e. The smallest absolute Gasteiger partial charge is 0.270 e. The first kappa shape index (κ1) is 10.1. The molecule has 3 N–H and O–H groups in total. The van der Waals surface area contributed by atoms with Gasteiger partial charge in [-0.2, -0.15) is 0 Å². The minimum atomic E-state index is 0.0265. The van der Waals surface area contributed by atoms with E-state index in [0.717, 1.165) is 6.54 Å². The summed E-state index contributed by atoms with van der Waals surface area (Å²) in [4.78, 5) is 16.5. The fraction of sp³-hybridized carbons (Fsp3) is 0.545. The number of nitrogens with zero attached hydrogens (tertiary/aromatic N) is 1. The van der Waals surface area contributed by atoms with Gasteiger partial charge in [-0.3, -0.25) is 4.79 Å². The molecule has 0 spiro atoms. The van der Waals surface area contributed by atoms with Gasteiger partial charge >= 0.3 is 0 Å². The summed E-state index contributed by atoms with van der Waals surface area (Å²) in [6.45, 7) is 0.859. The highest BCUT2D eigenvalue weighted by atomic mass is 16.2. The van der Waals surface area contributed by atoms with Crippen LogP contribution < -0.4 is 5.73 Å². The minimum Gasteiger partial charge on any atom is -0.397 e. The number of hydrogen-bond donors (Lipinski definition) is 2. The van der Waals surface area contributed by atoms with Crippen molar-refractivity contribution in [2.75, 3.05) is 19.3 Å². The van der Waals surface area contributed by atoms with E-state index in [1.54, 1.807) is 17.2 Å². The summed E-state index contributed by atoms with van der Waals surface area (Å²) in [5.41, 5.74) is 6.74. The Bertz CT molecular complexity index is 354. The number of carbonyl (C=O) groups excluding carboxylic acids is 1. The molecule has 0 radical (unpaired) electrons. The van der Waals surface area contributed by atoms with Gasteiger partial charge in [0.1, 0.15) is 5.69 Å². The van der Waals surface area contributed by atoms with Crippen molar-refractivity contribution in [3.8, 4) is 0 Å². The zero-order valence-electron chi connectivity index (χ0n) is 8.99. The summed E-state index contributed by atoms with van der Waals surface area (Å²) < 4.78 is 0. The standard InChI is InChI=1S/C11H17N3O/c1-14(7-8-3-2-4-8)11(15)10-5-9(12)6-13-10/h5-6,8,13H,2-4,7,12H2,1H3. The van der Waals surface area contributed by atoms with Crippen LogP contribution in [0.3, 0.4) is 0 Å². The Morgan fingerprint density at radius 2 is 2.40 bits per heavy atom. The summed E-state index contributed by atoms with van der Waals surface area (Å²) >= 11 is 0. The number of aromatic nitrogens is 1. The SMILES string of the molecule is CN(CC1CCC1)C(=O)c1cc(N)c[nH]1. The van der Waals surface area contributed by atoms with Crippen molar-refractivity contribution in [1.29, 1.82) is 0 Å². The van der Waals surface area contributed by atoms with Crippen molar-refractivity contribution in [3.63, 3.8) is 0 Å². The fourth-order valence-electron chi connectivity index (χ4n) is 1.89. The third kappa shape index (κ3) is 2.14. The molecule has 0 unspecified atom stereocenters. The van der Waals surface area contributed by atoms with E-state index in [-0.39, 0.29) is 5.91 Å². The molecule has 1 heterocycles. The number of nitrogen functional groups attached to an aromatic ring is 1. The maximum atomic E-state index is 11.9. The van der Waals surface area contributed by atoms with Crippen LogP contribution in [0.15, 0.2) is 12.3 Å². The molecule has 4 nitrogen and oxygen atoms in total. The summed E-state index contributed by atoms with van der Waals surface area (Å²) in [5.74, 6) is 0.727. The highest BCUT2D eigenvalue weighted by Gasteiger charge is 2.22. The van der Waals surface area contributed by atoms with E-state index in [0.29, 0.717) is 17.3 Å². The number of anilines is 1. The molecule has 1 aromatic rings. The molecule has 0 bridgehead atoms. The lowest BCUT2D eigenvalue weighted by Crippen LogP contribution is -2.34. The molecule has 0 saturated heterocycles. The minimum absolute atomic E-state index is 0.0265. The number of carbonyl (C=O) groups is 1. The highest BCUT2D eigenvalue weighted by Crippen LogP contribution is 2.27. The van der Waals surface area contributed by atoms with Gasteiger partial charge in [0.15, 0.2) is 0 Å². The molecule has 4 heteroatoms. The Balaban J connectivity index is 1.94. The molecular formula is C11H17N3O. The molecule has 2 rings (SSSR count). The lowest BCUT2D eigenvalue weighted by molar-refractivity contribution is 0.0740. The molecule has 15 heavy (non-hydrogen) atoms. The van der Waals surface area contributed by atoms with Gasteiger partial charge in [-0.15, -0.1) is 0 Å². The molecule has 1 fully saturated rings. The number of aromatic amines is 1. The second-order valence-corrected chi connectivity index (χ2v) is 4.33. The highest BCUT2D eigenvalue weighted by molar-refractivity contribution is 5.93. The van der Waals surface area contributed by atoms with Crippen molar-refractivity contribution in [2.45, 2.75) is 19.3 Å². The Morgan fingerprint density at radius 1 is 1.67 bits per heavy atom. The average Bonchev–Trinajstić information content (AvgIpc) is 2.56. The third-order valence-electron chi connectivity index (χ3n) is 3.04. The number of amides is 1. The first-order chi connectivity index (χ1) is 7.16. The van der Waals surface area contributed by atoms with Gasteiger partial charge in [0, 0.05) is 25.5 Å². The van der Waals surface area contributed by atoms with Crippen LogP contribution >= 0.6 is 0 Å². The van der Waals surface area contributed by atoms with Crippen LogP contribution in [0.25, 0.3) is 0 Å². The number of hydrogen-bond acceptors (Lipinski definition) is 2. The molecule has 1 aliphatic rings. The van der Waals surface area contributed by atoms with Crippen LogP contribution in [-0.2, 0) is 0 Å². The van der Waals surface area contributed by atoms with Gasteiger partial charge in [0.05, 0.1) is 0 Å². The van der Waals surface area contributed by atoms with E-state index in [2.05, 4.69) is 4.98 Å². The second-order valence-electron chi connectivity index (χ2n) is 4.33. The Morgan fingerprint density at radius 3 is 2.87 bits per heavy atom. The molecule has 0 aromatic carbocycles. The van der Waals surface area contributed by atoms with E-state index < -0.39 is 0 Å². The predicted molar refractivity (Wildman–Crippen MR) is 59.5 cm³/mol. The van der Waals surface area contributed by atoms with Crippen molar-refractivity contribution >= 4 is 11.6 Å². The van der Waals surface area contributed by atoms with Crippen molar-refractivity contribution < 1.29 is 4.79 Å². The summed E-state index contributed by atoms with van der Waals surface area (Å²) in [5, 5.41) is 0. The summed E-state index contributed by atoms with van der Waals surface area (Å²) in [6.07, 6.45) is 5.46. The maximum Gasteiger partial charge on any atom is 0.270 e. The van der Waals surface area contributed by atoms with Crippen LogP contribution in [0.4, 0.5) is 5.69 Å². The van der Waals surface area contributed by atoms with Gasteiger partial charge in [0.2, 0.25) is 0 Å². The number of H-pyrrole nitrogens is 1. The van der Waals surface area contributed by atoms with Gasteiger partial charge in [-0.25, -0.2) is 0 Å². The summed E-state index contributed by atoms with van der Waals surface area (Å²) in [7, 11) is 1.84. The van der Waals surface area contributed by atoms with E-state index in [1.165, 1.54) is 19.3 Å². The molecule has 0 atom stereocenters. The number of nitrogens with one attached hydrogen (secondary N) is 1. The van der Waals surface area contributed by atoms with Crippen LogP contribution in [-0.4, -0.2) is 29.4 Å². The first-order valence-electron chi connectivity index (χ1n) is 5.36. The molecule has 1 aromatic heterocycles. The summed E-state index contributed by atoms with van der Waals surface area (Å²) in [6, 6.07) is 1.68. The quantitative estimate of drug-likeness (QED) is 0.788. The van der Waals surface area contributed by atoms with Crippen LogP contribution in [0.2, 0.25) is 0 Å².